The van der Waals surface area contributed by atoms with E-state index in [0.29, 0.717) is 39.8 Å². The number of ether oxygens (including phenoxy) is 1. The first kappa shape index (κ1) is 35.0. The Morgan fingerprint density at radius 3 is 2.45 bits per heavy atom. The fraction of sp³-hybridized carbons (Fsp3) is 0.324. The van der Waals surface area contributed by atoms with E-state index in [0.717, 1.165) is 58.7 Å². The van der Waals surface area contributed by atoms with Crippen molar-refractivity contribution in [3.63, 3.8) is 0 Å². The molecule has 16 heteroatoms. The van der Waals surface area contributed by atoms with E-state index in [9.17, 15) is 23.2 Å². The van der Waals surface area contributed by atoms with Gasteiger partial charge in [0.25, 0.3) is 12.0 Å². The summed E-state index contributed by atoms with van der Waals surface area (Å²) >= 11 is 14.1. The van der Waals surface area contributed by atoms with Gasteiger partial charge in [-0.05, 0) is 43.0 Å². The van der Waals surface area contributed by atoms with Crippen molar-refractivity contribution in [1.82, 2.24) is 34.6 Å². The van der Waals surface area contributed by atoms with E-state index >= 15 is 0 Å². The second-order valence-corrected chi connectivity index (χ2v) is 14.5. The number of aryl methyl sites for hydroxylation is 2. The number of aromatic nitrogens is 4. The summed E-state index contributed by atoms with van der Waals surface area (Å²) in [5, 5.41) is 9.53. The van der Waals surface area contributed by atoms with Crippen LogP contribution >= 0.6 is 23.2 Å². The summed E-state index contributed by atoms with van der Waals surface area (Å²) in [6, 6.07) is 13.7. The number of anilines is 2. The Kier molecular flexibility index (Phi) is 8.66. The summed E-state index contributed by atoms with van der Waals surface area (Å²) in [5.74, 6) is 0.351. The zero-order chi connectivity index (χ0) is 37.3. The van der Waals surface area contributed by atoms with Crippen LogP contribution < -0.4 is 31.9 Å². The zero-order valence-electron chi connectivity index (χ0n) is 28.9. The minimum Gasteiger partial charge on any atom is -0.481 e. The maximum absolute atomic E-state index is 14.0. The number of halogens is 4. The number of hydrogen-bond acceptors (Lipinski definition) is 8. The summed E-state index contributed by atoms with van der Waals surface area (Å²) in [5.41, 5.74) is 2.61. The Hall–Kier alpha value is -5.05. The number of amides is 2. The van der Waals surface area contributed by atoms with Crippen molar-refractivity contribution in [2.24, 2.45) is 14.1 Å². The molecule has 5 heterocycles. The molecule has 0 bridgehead atoms. The molecule has 3 aliphatic rings. The number of urea groups is 1. The molecular weight excluding hydrogens is 729 g/mol. The quantitative estimate of drug-likeness (QED) is 0.181. The lowest BCUT2D eigenvalue weighted by Gasteiger charge is -2.28. The first-order valence-corrected chi connectivity index (χ1v) is 17.8. The molecule has 2 atom stereocenters. The smallest absolute Gasteiger partial charge is 0.330 e. The van der Waals surface area contributed by atoms with Crippen LogP contribution in [0.15, 0.2) is 58.1 Å². The number of hydrogen-bond donors (Lipinski definition) is 3. The number of carbonyl (C=O) groups excluding carboxylic acids is 1. The fourth-order valence-corrected chi connectivity index (χ4v) is 8.55. The number of fused-ring (bicyclic) bond motifs is 2. The van der Waals surface area contributed by atoms with Gasteiger partial charge < -0.3 is 20.7 Å². The highest BCUT2D eigenvalue weighted by molar-refractivity contribution is 6.39. The third-order valence-electron chi connectivity index (χ3n) is 10.6. The number of benzene rings is 2. The van der Waals surface area contributed by atoms with Crippen molar-refractivity contribution in [3.8, 4) is 28.3 Å². The first-order valence-electron chi connectivity index (χ1n) is 17.0. The van der Waals surface area contributed by atoms with E-state index in [4.69, 9.17) is 32.9 Å². The lowest BCUT2D eigenvalue weighted by atomic mass is 9.99. The predicted octanol–water partition coefficient (Wildman–Crippen LogP) is 6.10. The number of nitrogens with zero attached hydrogens (tertiary/aromatic N) is 5. The lowest BCUT2D eigenvalue weighted by Crippen LogP contribution is -2.46. The molecule has 2 saturated heterocycles. The molecule has 274 valence electrons. The maximum Gasteiger partial charge on any atom is 0.330 e. The van der Waals surface area contributed by atoms with E-state index in [2.05, 4.69) is 25.8 Å². The van der Waals surface area contributed by atoms with Crippen LogP contribution in [0.4, 0.5) is 25.1 Å². The number of pyridine rings is 2. The average molecular weight is 764 g/mol. The number of alkyl halides is 2. The molecule has 12 nitrogen and oxygen atoms in total. The summed E-state index contributed by atoms with van der Waals surface area (Å²) < 4.78 is 35.8. The fourth-order valence-electron chi connectivity index (χ4n) is 7.95. The highest BCUT2D eigenvalue weighted by Gasteiger charge is 2.47. The zero-order valence-corrected chi connectivity index (χ0v) is 30.4. The third kappa shape index (κ3) is 5.79. The van der Waals surface area contributed by atoms with Crippen LogP contribution in [0.1, 0.15) is 42.1 Å². The van der Waals surface area contributed by atoms with Gasteiger partial charge in [0.15, 0.2) is 0 Å². The van der Waals surface area contributed by atoms with Gasteiger partial charge in [0, 0.05) is 62.0 Å². The van der Waals surface area contributed by atoms with E-state index in [-0.39, 0.29) is 45.0 Å². The molecule has 1 spiro atoms. The Balaban J connectivity index is 1.15. The van der Waals surface area contributed by atoms with Crippen molar-refractivity contribution in [1.29, 1.82) is 0 Å². The second-order valence-electron chi connectivity index (χ2n) is 13.7. The minimum absolute atomic E-state index is 0.00137. The Bertz CT molecular complexity index is 2470. The molecule has 2 aromatic carbocycles. The molecule has 2 amide bonds. The number of likely N-dealkylation sites (tertiary alicyclic amines) is 1. The molecule has 5 aromatic rings. The van der Waals surface area contributed by atoms with E-state index in [1.807, 2.05) is 24.3 Å². The Morgan fingerprint density at radius 1 is 1.00 bits per heavy atom. The second kappa shape index (κ2) is 13.1. The van der Waals surface area contributed by atoms with Gasteiger partial charge in [0.1, 0.15) is 16.9 Å². The van der Waals surface area contributed by atoms with Crippen molar-refractivity contribution in [3.05, 3.63) is 96.2 Å². The molecule has 0 unspecified atom stereocenters. The number of nitrogens with one attached hydrogen (secondary N) is 3. The SMILES string of the molecule is COc1nc(-c2cccc(-c3cccc(Nc4nc(C(F)F)cc5c4c(=O)n(C)c(=O)n5C)c3Cl)c2Cl)cc2c1[C@@H](N1CC[C@]3(CNC(=O)N3)C1)CC2. The van der Waals surface area contributed by atoms with E-state index in [1.165, 1.54) is 14.1 Å². The van der Waals surface area contributed by atoms with Crippen LogP contribution in [-0.4, -0.2) is 62.3 Å². The summed E-state index contributed by atoms with van der Waals surface area (Å²) in [6.45, 7) is 2.19. The highest BCUT2D eigenvalue weighted by Crippen LogP contribution is 2.47. The van der Waals surface area contributed by atoms with Crippen LogP contribution in [0.2, 0.25) is 10.0 Å². The molecule has 3 aromatic heterocycles. The first-order chi connectivity index (χ1) is 25.4. The summed E-state index contributed by atoms with van der Waals surface area (Å²) in [7, 11) is 4.31. The van der Waals surface area contributed by atoms with Gasteiger partial charge in [-0.25, -0.2) is 28.3 Å². The maximum atomic E-state index is 14.0. The normalized spacial score (nSPS) is 19.6. The van der Waals surface area contributed by atoms with Crippen molar-refractivity contribution >= 4 is 51.6 Å². The van der Waals surface area contributed by atoms with Crippen LogP contribution in [0.5, 0.6) is 5.88 Å². The molecule has 2 aliphatic heterocycles. The molecular formula is C37H34Cl2F2N8O4. The van der Waals surface area contributed by atoms with Gasteiger partial charge in [-0.15, -0.1) is 0 Å². The Morgan fingerprint density at radius 2 is 1.74 bits per heavy atom. The third-order valence-corrected chi connectivity index (χ3v) is 11.4. The van der Waals surface area contributed by atoms with Gasteiger partial charge in [0.05, 0.1) is 39.6 Å². The largest absolute Gasteiger partial charge is 0.481 e. The van der Waals surface area contributed by atoms with Crippen LogP contribution in [0, 0.1) is 0 Å². The van der Waals surface area contributed by atoms with Gasteiger partial charge >= 0.3 is 11.7 Å². The van der Waals surface area contributed by atoms with E-state index in [1.54, 1.807) is 25.3 Å². The number of rotatable bonds is 7. The standard InChI is InChI=1S/C37H34Cl2F2N8O4/c1-47-26-15-24(31(40)41)44-32(28(26)34(50)48(2)36(47)52)43-22-9-5-7-20(30(22)39)19-6-4-8-21(29(19)38)23-14-18-10-11-25(27(18)33(45-23)53-3)49-13-12-37(17-49)16-42-35(51)46-37/h4-9,14-15,25,31H,10-13,16-17H2,1-3H3,(H,43,44)(H2,42,46,51)/t25-,37-/m0/s1. The lowest BCUT2D eigenvalue weighted by molar-refractivity contribution is 0.146. The van der Waals surface area contributed by atoms with Gasteiger partial charge in [-0.1, -0.05) is 53.5 Å². The molecule has 3 N–H and O–H groups in total. The number of carbonyl (C=O) groups is 1. The molecule has 53 heavy (non-hydrogen) atoms. The molecule has 0 radical (unpaired) electrons. The molecule has 2 fully saturated rings. The summed E-state index contributed by atoms with van der Waals surface area (Å²) in [6.07, 6.45) is -0.388. The van der Waals surface area contributed by atoms with Crippen molar-refractivity contribution < 1.29 is 18.3 Å². The van der Waals surface area contributed by atoms with Gasteiger partial charge in [-0.2, -0.15) is 0 Å². The monoisotopic (exact) mass is 762 g/mol. The van der Waals surface area contributed by atoms with Crippen molar-refractivity contribution in [2.45, 2.75) is 37.3 Å². The van der Waals surface area contributed by atoms with Gasteiger partial charge in [-0.3, -0.25) is 18.8 Å². The van der Waals surface area contributed by atoms with Crippen molar-refractivity contribution in [2.75, 3.05) is 32.1 Å². The predicted molar refractivity (Wildman–Crippen MR) is 199 cm³/mol. The van der Waals surface area contributed by atoms with Gasteiger partial charge in [0.2, 0.25) is 5.88 Å². The number of methoxy groups -OCH3 is 1. The molecule has 8 rings (SSSR count). The van der Waals surface area contributed by atoms with Crippen LogP contribution in [-0.2, 0) is 20.5 Å². The Labute approximate surface area is 311 Å². The molecule has 0 saturated carbocycles. The minimum atomic E-state index is -2.97. The van der Waals surface area contributed by atoms with Crippen LogP contribution in [0.25, 0.3) is 33.3 Å². The van der Waals surface area contributed by atoms with Crippen LogP contribution in [0.3, 0.4) is 0 Å². The average Bonchev–Trinajstić information content (AvgIpc) is 3.87. The summed E-state index contributed by atoms with van der Waals surface area (Å²) in [4.78, 5) is 49.2. The molecule has 1 aliphatic carbocycles. The van der Waals surface area contributed by atoms with E-state index < -0.39 is 23.4 Å². The topological polar surface area (TPSA) is 135 Å². The highest BCUT2D eigenvalue weighted by atomic mass is 35.5.